The van der Waals surface area contributed by atoms with Crippen molar-refractivity contribution in [2.45, 2.75) is 19.4 Å². The topological polar surface area (TPSA) is 71.5 Å². The quantitative estimate of drug-likeness (QED) is 0.691. The van der Waals surface area contributed by atoms with Crippen LogP contribution in [0.2, 0.25) is 0 Å². The molecule has 0 bridgehead atoms. The lowest BCUT2D eigenvalue weighted by atomic mass is 9.96. The number of benzene rings is 1. The van der Waals surface area contributed by atoms with E-state index in [0.717, 1.165) is 25.9 Å². The van der Waals surface area contributed by atoms with E-state index in [1.165, 1.54) is 24.3 Å². The van der Waals surface area contributed by atoms with Crippen LogP contribution in [0, 0.1) is 11.7 Å². The van der Waals surface area contributed by atoms with Gasteiger partial charge in [0.2, 0.25) is 0 Å². The fraction of sp³-hybridized carbons (Fsp3) is 0.409. The smallest absolute Gasteiger partial charge is 0.253 e. The number of likely N-dealkylation sites (tertiary alicyclic amines) is 1. The van der Waals surface area contributed by atoms with Crippen molar-refractivity contribution in [1.82, 2.24) is 15.2 Å². The highest BCUT2D eigenvalue weighted by Crippen LogP contribution is 2.17. The molecule has 0 spiro atoms. The van der Waals surface area contributed by atoms with Crippen molar-refractivity contribution in [3.8, 4) is 0 Å². The summed E-state index contributed by atoms with van der Waals surface area (Å²) in [5.74, 6) is -0.109. The fourth-order valence-corrected chi connectivity index (χ4v) is 3.51. The van der Waals surface area contributed by atoms with E-state index in [-0.39, 0.29) is 17.5 Å². The largest absolute Gasteiger partial charge is 0.378 e. The molecule has 7 heteroatoms. The van der Waals surface area contributed by atoms with Crippen LogP contribution in [-0.2, 0) is 11.3 Å². The molecule has 29 heavy (non-hydrogen) atoms. The Morgan fingerprint density at radius 3 is 2.62 bits per heavy atom. The van der Waals surface area contributed by atoms with Crippen molar-refractivity contribution < 1.29 is 18.7 Å². The number of ether oxygens (including phenoxy) is 1. The van der Waals surface area contributed by atoms with Crippen LogP contribution in [0.25, 0.3) is 0 Å². The lowest BCUT2D eigenvalue weighted by molar-refractivity contribution is 0.0886. The number of nitrogens with one attached hydrogen (secondary N) is 1. The standard InChI is InChI=1S/C22H26FN3O3/c1-29-15-20-19(3-2-10-24-20)22(28)25-13-16-8-11-26(12-9-16)14-21(27)17-4-6-18(23)7-5-17/h2-7,10,16H,8-9,11-15H2,1H3,(H,25,28). The van der Waals surface area contributed by atoms with Crippen LogP contribution in [-0.4, -0.2) is 54.9 Å². The van der Waals surface area contributed by atoms with Crippen molar-refractivity contribution in [2.75, 3.05) is 33.3 Å². The van der Waals surface area contributed by atoms with Crippen LogP contribution in [0.3, 0.4) is 0 Å². The van der Waals surface area contributed by atoms with Gasteiger partial charge in [-0.05, 0) is 68.2 Å². The SMILES string of the molecule is COCc1ncccc1C(=O)NCC1CCN(CC(=O)c2ccc(F)cc2)CC1. The molecule has 1 aromatic heterocycles. The highest BCUT2D eigenvalue weighted by Gasteiger charge is 2.22. The first kappa shape index (κ1) is 21.1. The summed E-state index contributed by atoms with van der Waals surface area (Å²) in [6, 6.07) is 9.16. The molecule has 1 aromatic carbocycles. The van der Waals surface area contributed by atoms with Gasteiger partial charge in [0.15, 0.2) is 5.78 Å². The summed E-state index contributed by atoms with van der Waals surface area (Å²) in [7, 11) is 1.57. The Labute approximate surface area is 170 Å². The van der Waals surface area contributed by atoms with Crippen LogP contribution in [0.4, 0.5) is 4.39 Å². The number of aromatic nitrogens is 1. The summed E-state index contributed by atoms with van der Waals surface area (Å²) < 4.78 is 18.1. The van der Waals surface area contributed by atoms with Crippen LogP contribution >= 0.6 is 0 Å². The molecule has 1 fully saturated rings. The molecule has 1 amide bonds. The predicted octanol–water partition coefficient (Wildman–Crippen LogP) is 2.69. The van der Waals surface area contributed by atoms with E-state index in [0.29, 0.717) is 42.4 Å². The van der Waals surface area contributed by atoms with E-state index in [4.69, 9.17) is 4.74 Å². The molecule has 0 radical (unpaired) electrons. The zero-order chi connectivity index (χ0) is 20.6. The number of halogens is 1. The minimum Gasteiger partial charge on any atom is -0.378 e. The van der Waals surface area contributed by atoms with Gasteiger partial charge in [0.1, 0.15) is 5.82 Å². The van der Waals surface area contributed by atoms with Gasteiger partial charge in [0, 0.05) is 25.4 Å². The third-order valence-electron chi connectivity index (χ3n) is 5.21. The number of piperidine rings is 1. The van der Waals surface area contributed by atoms with Gasteiger partial charge in [-0.15, -0.1) is 0 Å². The Balaban J connectivity index is 1.43. The predicted molar refractivity (Wildman–Crippen MR) is 107 cm³/mol. The first-order chi connectivity index (χ1) is 14.1. The first-order valence-corrected chi connectivity index (χ1v) is 9.79. The molecule has 1 aliphatic rings. The highest BCUT2D eigenvalue weighted by atomic mass is 19.1. The van der Waals surface area contributed by atoms with E-state index in [1.54, 1.807) is 25.4 Å². The zero-order valence-corrected chi connectivity index (χ0v) is 16.6. The van der Waals surface area contributed by atoms with Crippen molar-refractivity contribution in [1.29, 1.82) is 0 Å². The van der Waals surface area contributed by atoms with Crippen LogP contribution in [0.1, 0.15) is 39.3 Å². The normalized spacial score (nSPS) is 15.2. The second-order valence-electron chi connectivity index (χ2n) is 7.29. The van der Waals surface area contributed by atoms with Crippen molar-refractivity contribution in [3.05, 3.63) is 65.2 Å². The molecule has 2 heterocycles. The Morgan fingerprint density at radius 2 is 1.93 bits per heavy atom. The van der Waals surface area contributed by atoms with Crippen LogP contribution < -0.4 is 5.32 Å². The summed E-state index contributed by atoms with van der Waals surface area (Å²) in [5, 5.41) is 3.00. The molecule has 3 rings (SSSR count). The number of pyridine rings is 1. The second kappa shape index (κ2) is 10.2. The summed E-state index contributed by atoms with van der Waals surface area (Å²) in [4.78, 5) is 31.1. The van der Waals surface area contributed by atoms with E-state index >= 15 is 0 Å². The molecule has 1 saturated heterocycles. The Hall–Kier alpha value is -2.64. The van der Waals surface area contributed by atoms with E-state index in [9.17, 15) is 14.0 Å². The second-order valence-corrected chi connectivity index (χ2v) is 7.29. The number of ketones is 1. The molecule has 0 saturated carbocycles. The highest BCUT2D eigenvalue weighted by molar-refractivity contribution is 5.97. The van der Waals surface area contributed by atoms with E-state index < -0.39 is 0 Å². The molecule has 0 atom stereocenters. The number of carbonyl (C=O) groups excluding carboxylic acids is 2. The van der Waals surface area contributed by atoms with Crippen LogP contribution in [0.15, 0.2) is 42.6 Å². The lowest BCUT2D eigenvalue weighted by Gasteiger charge is -2.31. The number of carbonyl (C=O) groups is 2. The van der Waals surface area contributed by atoms with E-state index in [2.05, 4.69) is 15.2 Å². The van der Waals surface area contributed by atoms with Gasteiger partial charge >= 0.3 is 0 Å². The summed E-state index contributed by atoms with van der Waals surface area (Å²) in [6.45, 7) is 2.83. The number of nitrogens with zero attached hydrogens (tertiary/aromatic N) is 2. The maximum Gasteiger partial charge on any atom is 0.253 e. The summed E-state index contributed by atoms with van der Waals surface area (Å²) in [5.41, 5.74) is 1.70. The maximum atomic E-state index is 13.0. The molecule has 6 nitrogen and oxygen atoms in total. The Bertz CT molecular complexity index is 833. The minimum absolute atomic E-state index is 0.000923. The number of Topliss-reactive ketones (excluding diaryl/α,β-unsaturated/α-hetero) is 1. The molecular formula is C22H26FN3O3. The fourth-order valence-electron chi connectivity index (χ4n) is 3.51. The van der Waals surface area contributed by atoms with Gasteiger partial charge in [0.25, 0.3) is 5.91 Å². The number of hydrogen-bond acceptors (Lipinski definition) is 5. The number of amides is 1. The molecule has 154 valence electrons. The molecule has 2 aromatic rings. The Kier molecular flexibility index (Phi) is 7.43. The van der Waals surface area contributed by atoms with Crippen LogP contribution in [0.5, 0.6) is 0 Å². The van der Waals surface area contributed by atoms with Gasteiger partial charge in [0.05, 0.1) is 24.4 Å². The van der Waals surface area contributed by atoms with Gasteiger partial charge in [-0.1, -0.05) is 0 Å². The molecule has 1 aliphatic heterocycles. The van der Waals surface area contributed by atoms with E-state index in [1.807, 2.05) is 0 Å². The monoisotopic (exact) mass is 399 g/mol. The van der Waals surface area contributed by atoms with Gasteiger partial charge in [-0.2, -0.15) is 0 Å². The molecular weight excluding hydrogens is 373 g/mol. The third-order valence-corrected chi connectivity index (χ3v) is 5.21. The molecule has 1 N–H and O–H groups in total. The van der Waals surface area contributed by atoms with Gasteiger partial charge in [-0.3, -0.25) is 19.5 Å². The van der Waals surface area contributed by atoms with Crippen molar-refractivity contribution >= 4 is 11.7 Å². The maximum absolute atomic E-state index is 13.0. The molecule has 0 unspecified atom stereocenters. The van der Waals surface area contributed by atoms with Gasteiger partial charge < -0.3 is 10.1 Å². The number of methoxy groups -OCH3 is 1. The van der Waals surface area contributed by atoms with Gasteiger partial charge in [-0.25, -0.2) is 4.39 Å². The average molecular weight is 399 g/mol. The zero-order valence-electron chi connectivity index (χ0n) is 16.6. The molecule has 0 aliphatic carbocycles. The van der Waals surface area contributed by atoms with Crippen molar-refractivity contribution in [3.63, 3.8) is 0 Å². The third kappa shape index (κ3) is 5.92. The lowest BCUT2D eigenvalue weighted by Crippen LogP contribution is -2.40. The number of hydrogen-bond donors (Lipinski definition) is 1. The average Bonchev–Trinajstić information content (AvgIpc) is 2.74. The summed E-state index contributed by atoms with van der Waals surface area (Å²) in [6.07, 6.45) is 3.47. The number of rotatable bonds is 8. The minimum atomic E-state index is -0.343. The summed E-state index contributed by atoms with van der Waals surface area (Å²) >= 11 is 0. The van der Waals surface area contributed by atoms with Crippen molar-refractivity contribution in [2.24, 2.45) is 5.92 Å². The Morgan fingerprint density at radius 1 is 1.21 bits per heavy atom. The first-order valence-electron chi connectivity index (χ1n) is 9.79.